The predicted molar refractivity (Wildman–Crippen MR) is 119 cm³/mol. The lowest BCUT2D eigenvalue weighted by Gasteiger charge is -2.30. The maximum atomic E-state index is 12.6. The van der Waals surface area contributed by atoms with Gasteiger partial charge in [-0.05, 0) is 82.9 Å². The Bertz CT molecular complexity index is 943. The van der Waals surface area contributed by atoms with E-state index in [-0.39, 0.29) is 17.9 Å². The Morgan fingerprint density at radius 2 is 1.47 bits per heavy atom. The zero-order valence-corrected chi connectivity index (χ0v) is 18.5. The largest absolute Gasteiger partial charge is 0.457 e. The van der Waals surface area contributed by atoms with Crippen molar-refractivity contribution in [3.05, 3.63) is 54.6 Å². The fraction of sp³-hybridized carbons (Fsp3) is 0.435. The van der Waals surface area contributed by atoms with Crippen LogP contribution in [0.25, 0.3) is 0 Å². The van der Waals surface area contributed by atoms with Gasteiger partial charge in [-0.3, -0.25) is 4.79 Å². The zero-order chi connectivity index (χ0) is 21.8. The van der Waals surface area contributed by atoms with Gasteiger partial charge in [-0.15, -0.1) is 0 Å². The number of para-hydroxylation sites is 1. The van der Waals surface area contributed by atoms with E-state index < -0.39 is 14.8 Å². The Balaban J connectivity index is 1.49. The maximum Gasteiger partial charge on any atom is 0.227 e. The van der Waals surface area contributed by atoms with Crippen molar-refractivity contribution >= 4 is 21.6 Å². The first-order chi connectivity index (χ1) is 14.1. The van der Waals surface area contributed by atoms with Crippen molar-refractivity contribution in [3.8, 4) is 11.5 Å². The summed E-state index contributed by atoms with van der Waals surface area (Å²) in [4.78, 5) is 12.6. The molecule has 1 aliphatic rings. The fourth-order valence-electron chi connectivity index (χ4n) is 3.34. The molecule has 2 aromatic rings. The first-order valence-corrected chi connectivity index (χ1v) is 11.8. The lowest BCUT2D eigenvalue weighted by atomic mass is 9.86. The average molecular weight is 431 g/mol. The van der Waals surface area contributed by atoms with Crippen LogP contribution in [-0.2, 0) is 14.8 Å². The van der Waals surface area contributed by atoms with Crippen molar-refractivity contribution in [3.63, 3.8) is 0 Å². The summed E-state index contributed by atoms with van der Waals surface area (Å²) in [5.74, 6) is 1.32. The normalized spacial score (nSPS) is 19.8. The molecule has 6 nitrogen and oxygen atoms in total. The molecular weight excluding hydrogens is 400 g/mol. The van der Waals surface area contributed by atoms with E-state index in [0.717, 1.165) is 11.4 Å². The molecule has 3 rings (SSSR count). The van der Waals surface area contributed by atoms with Crippen LogP contribution in [0, 0.1) is 5.92 Å². The summed E-state index contributed by atoms with van der Waals surface area (Å²) in [6.07, 6.45) is 2.66. The van der Waals surface area contributed by atoms with Gasteiger partial charge in [-0.25, -0.2) is 13.1 Å². The minimum atomic E-state index is -3.37. The Kier molecular flexibility index (Phi) is 6.83. The Labute approximate surface area is 179 Å². The molecule has 1 saturated carbocycles. The molecule has 0 aromatic heterocycles. The second-order valence-corrected chi connectivity index (χ2v) is 11.2. The van der Waals surface area contributed by atoms with E-state index in [2.05, 4.69) is 10.0 Å². The molecule has 0 spiro atoms. The Hall–Kier alpha value is -2.38. The van der Waals surface area contributed by atoms with Gasteiger partial charge in [0, 0.05) is 17.6 Å². The minimum absolute atomic E-state index is 0.0242. The number of ether oxygens (including phenoxy) is 1. The highest BCUT2D eigenvalue weighted by Crippen LogP contribution is 2.28. The standard InChI is InChI=1S/C23H30N2O4S/c1-23(2,3)30(27,28)25-19-11-9-17(10-12-19)22(26)24-18-13-15-21(16-14-18)29-20-7-5-4-6-8-20/h4-8,13-17,19,25H,9-12H2,1-3H3,(H,24,26)/t17-,19-. The molecule has 2 aromatic carbocycles. The first kappa shape index (κ1) is 22.3. The summed E-state index contributed by atoms with van der Waals surface area (Å²) in [6, 6.07) is 16.7. The summed E-state index contributed by atoms with van der Waals surface area (Å²) in [5, 5.41) is 2.96. The van der Waals surface area contributed by atoms with Crippen molar-refractivity contribution in [1.82, 2.24) is 4.72 Å². The molecule has 0 radical (unpaired) electrons. The van der Waals surface area contributed by atoms with E-state index in [1.54, 1.807) is 20.8 Å². The molecule has 2 N–H and O–H groups in total. The van der Waals surface area contributed by atoms with Crippen molar-refractivity contribution in [2.75, 3.05) is 5.32 Å². The summed E-state index contributed by atoms with van der Waals surface area (Å²) >= 11 is 0. The molecule has 0 aliphatic heterocycles. The van der Waals surface area contributed by atoms with Crippen molar-refractivity contribution in [2.45, 2.75) is 57.2 Å². The van der Waals surface area contributed by atoms with Crippen LogP contribution in [0.3, 0.4) is 0 Å². The third-order valence-corrected chi connectivity index (χ3v) is 7.58. The van der Waals surface area contributed by atoms with E-state index in [4.69, 9.17) is 4.74 Å². The van der Waals surface area contributed by atoms with Crippen LogP contribution in [-0.4, -0.2) is 25.1 Å². The van der Waals surface area contributed by atoms with Gasteiger partial charge >= 0.3 is 0 Å². The van der Waals surface area contributed by atoms with Gasteiger partial charge in [-0.2, -0.15) is 0 Å². The topological polar surface area (TPSA) is 84.5 Å². The maximum absolute atomic E-state index is 12.6. The number of anilines is 1. The monoisotopic (exact) mass is 430 g/mol. The highest BCUT2D eigenvalue weighted by atomic mass is 32.2. The molecular formula is C23H30N2O4S. The van der Waals surface area contributed by atoms with Crippen LogP contribution in [0.4, 0.5) is 5.69 Å². The second-order valence-electron chi connectivity index (χ2n) is 8.71. The molecule has 0 saturated heterocycles. The van der Waals surface area contributed by atoms with Gasteiger partial charge in [0.2, 0.25) is 15.9 Å². The third-order valence-electron chi connectivity index (χ3n) is 5.33. The highest BCUT2D eigenvalue weighted by molar-refractivity contribution is 7.90. The first-order valence-electron chi connectivity index (χ1n) is 10.3. The highest BCUT2D eigenvalue weighted by Gasteiger charge is 2.34. The zero-order valence-electron chi connectivity index (χ0n) is 17.7. The van der Waals surface area contributed by atoms with Crippen LogP contribution in [0.15, 0.2) is 54.6 Å². The molecule has 0 unspecified atom stereocenters. The number of nitrogens with one attached hydrogen (secondary N) is 2. The Morgan fingerprint density at radius 1 is 0.900 bits per heavy atom. The molecule has 162 valence electrons. The lowest BCUT2D eigenvalue weighted by Crippen LogP contribution is -2.46. The molecule has 1 amide bonds. The van der Waals surface area contributed by atoms with Gasteiger partial charge in [0.15, 0.2) is 0 Å². The van der Waals surface area contributed by atoms with Crippen LogP contribution in [0.5, 0.6) is 11.5 Å². The van der Waals surface area contributed by atoms with E-state index in [1.807, 2.05) is 54.6 Å². The van der Waals surface area contributed by atoms with Gasteiger partial charge < -0.3 is 10.1 Å². The molecule has 30 heavy (non-hydrogen) atoms. The second kappa shape index (κ2) is 9.18. The van der Waals surface area contributed by atoms with Crippen molar-refractivity contribution in [1.29, 1.82) is 0 Å². The number of rotatable bonds is 6. The number of hydrogen-bond acceptors (Lipinski definition) is 4. The summed E-state index contributed by atoms with van der Waals surface area (Å²) in [6.45, 7) is 5.06. The molecule has 0 heterocycles. The van der Waals surface area contributed by atoms with Crippen LogP contribution in [0.1, 0.15) is 46.5 Å². The predicted octanol–water partition coefficient (Wildman–Crippen LogP) is 4.69. The van der Waals surface area contributed by atoms with Crippen molar-refractivity contribution in [2.24, 2.45) is 5.92 Å². The average Bonchev–Trinajstić information content (AvgIpc) is 2.70. The van der Waals surface area contributed by atoms with E-state index in [0.29, 0.717) is 31.4 Å². The molecule has 1 aliphatic carbocycles. The summed E-state index contributed by atoms with van der Waals surface area (Å²) in [7, 11) is -3.37. The molecule has 0 atom stereocenters. The fourth-order valence-corrected chi connectivity index (χ4v) is 4.37. The van der Waals surface area contributed by atoms with E-state index in [9.17, 15) is 13.2 Å². The molecule has 1 fully saturated rings. The van der Waals surface area contributed by atoms with E-state index in [1.165, 1.54) is 0 Å². The van der Waals surface area contributed by atoms with E-state index >= 15 is 0 Å². The van der Waals surface area contributed by atoms with Gasteiger partial charge in [0.05, 0.1) is 4.75 Å². The summed E-state index contributed by atoms with van der Waals surface area (Å²) < 4.78 is 32.4. The van der Waals surface area contributed by atoms with Crippen LogP contribution < -0.4 is 14.8 Å². The third kappa shape index (κ3) is 5.83. The lowest BCUT2D eigenvalue weighted by molar-refractivity contribution is -0.120. The van der Waals surface area contributed by atoms with Crippen LogP contribution in [0.2, 0.25) is 0 Å². The number of benzene rings is 2. The molecule has 7 heteroatoms. The molecule has 0 bridgehead atoms. The van der Waals surface area contributed by atoms with Gasteiger partial charge in [0.25, 0.3) is 0 Å². The SMILES string of the molecule is CC(C)(C)S(=O)(=O)N[C@H]1CC[C@H](C(=O)Nc2ccc(Oc3ccccc3)cc2)CC1. The number of carbonyl (C=O) groups excluding carboxylic acids is 1. The number of hydrogen-bond donors (Lipinski definition) is 2. The van der Waals surface area contributed by atoms with Gasteiger partial charge in [0.1, 0.15) is 11.5 Å². The van der Waals surface area contributed by atoms with Gasteiger partial charge in [-0.1, -0.05) is 18.2 Å². The smallest absolute Gasteiger partial charge is 0.227 e. The Morgan fingerprint density at radius 3 is 2.03 bits per heavy atom. The van der Waals surface area contributed by atoms with Crippen molar-refractivity contribution < 1.29 is 17.9 Å². The number of carbonyl (C=O) groups is 1. The summed E-state index contributed by atoms with van der Waals surface area (Å²) in [5.41, 5.74) is 0.718. The minimum Gasteiger partial charge on any atom is -0.457 e. The number of sulfonamides is 1. The van der Waals surface area contributed by atoms with Crippen LogP contribution >= 0.6 is 0 Å². The number of amides is 1. The quantitative estimate of drug-likeness (QED) is 0.696.